The molecule has 0 bridgehead atoms. The molecule has 0 radical (unpaired) electrons. The zero-order valence-corrected chi connectivity index (χ0v) is 25.5. The molecule has 14 heteroatoms. The minimum absolute atomic E-state index is 0. The maximum absolute atomic E-state index is 12.2. The average Bonchev–Trinajstić information content (AvgIpc) is 3.03. The van der Waals surface area contributed by atoms with E-state index in [1.165, 1.54) is 32.1 Å². The van der Waals surface area contributed by atoms with Crippen LogP contribution in [-0.4, -0.2) is 44.7 Å². The van der Waals surface area contributed by atoms with Gasteiger partial charge < -0.3 is 33.8 Å². The summed E-state index contributed by atoms with van der Waals surface area (Å²) in [6.45, 7) is 1.35. The molecule has 0 aromatic carbocycles. The van der Waals surface area contributed by atoms with Crippen molar-refractivity contribution < 1.29 is 92.9 Å². The van der Waals surface area contributed by atoms with Crippen LogP contribution in [0.15, 0.2) is 15.8 Å². The first-order valence-electron chi connectivity index (χ1n) is 11.2. The summed E-state index contributed by atoms with van der Waals surface area (Å²) in [5, 5.41) is 20.3. The van der Waals surface area contributed by atoms with E-state index in [0.717, 1.165) is 30.0 Å². The molecule has 1 aliphatic heterocycles. The van der Waals surface area contributed by atoms with E-state index in [9.17, 15) is 34.2 Å². The van der Waals surface area contributed by atoms with Crippen LogP contribution in [0.1, 0.15) is 76.5 Å². The minimum atomic E-state index is -5.32. The Morgan fingerprint density at radius 1 is 1.09 bits per heavy atom. The molecule has 11 nitrogen and oxygen atoms in total. The Bertz CT molecular complexity index is 985. The van der Waals surface area contributed by atoms with Gasteiger partial charge in [0.05, 0.1) is 14.4 Å². The number of nitrogens with zero attached hydrogens (tertiary/aromatic N) is 1. The summed E-state index contributed by atoms with van der Waals surface area (Å²) >= 11 is 0. The van der Waals surface area contributed by atoms with Crippen molar-refractivity contribution in [1.82, 2.24) is 9.55 Å². The quantitative estimate of drug-likeness (QED) is 0.102. The Labute approximate surface area is 248 Å². The summed E-state index contributed by atoms with van der Waals surface area (Å²) in [5.41, 5.74) is -1.64. The molecule has 0 spiro atoms. The van der Waals surface area contributed by atoms with Crippen molar-refractivity contribution in [3.05, 3.63) is 32.6 Å². The molecule has 0 saturated carbocycles. The van der Waals surface area contributed by atoms with Crippen LogP contribution in [0.25, 0.3) is 0 Å². The Balaban J connectivity index is 0.00000578. The zero-order valence-electron chi connectivity index (χ0n) is 20.6. The normalized spacial score (nSPS) is 21.5. The number of aliphatic hydroxyl groups excluding tert-OH is 2. The fraction of sp³-hybridized carbons (Fsp3) is 0.714. The third kappa shape index (κ3) is 12.1. The molecule has 1 fully saturated rings. The van der Waals surface area contributed by atoms with E-state index in [-0.39, 0.29) is 64.7 Å². The summed E-state index contributed by atoms with van der Waals surface area (Å²) in [4.78, 5) is 47.6. The number of aromatic nitrogens is 2. The number of H-pyrrole nitrogens is 1. The van der Waals surface area contributed by atoms with Crippen LogP contribution < -0.4 is 80.2 Å². The second-order valence-electron chi connectivity index (χ2n) is 8.03. The number of ether oxygens (including phenoxy) is 1. The molecule has 3 N–H and O–H groups in total. The Morgan fingerprint density at radius 2 is 1.69 bits per heavy atom. The maximum atomic E-state index is 12.2. The third-order valence-corrected chi connectivity index (χ3v) is 5.82. The summed E-state index contributed by atoms with van der Waals surface area (Å²) in [6.07, 6.45) is 4.84. The van der Waals surface area contributed by atoms with Crippen molar-refractivity contribution in [3.8, 4) is 11.8 Å². The summed E-state index contributed by atoms with van der Waals surface area (Å²) in [7, 11) is -5.32. The van der Waals surface area contributed by atoms with Gasteiger partial charge in [0.1, 0.15) is 23.9 Å². The predicted octanol–water partition coefficient (Wildman–Crippen LogP) is -6.11. The van der Waals surface area contributed by atoms with Gasteiger partial charge in [0.15, 0.2) is 6.23 Å². The number of unbranched alkanes of at least 4 members (excludes halogenated alkanes) is 8. The monoisotopic (exact) mass is 532 g/mol. The Kier molecular flexibility index (Phi) is 17.8. The van der Waals surface area contributed by atoms with E-state index in [1.54, 1.807) is 0 Å². The number of phosphoric ester groups is 1. The number of hydrogen-bond donors (Lipinski definition) is 3. The van der Waals surface area contributed by atoms with E-state index in [4.69, 9.17) is 4.74 Å². The number of rotatable bonds is 12. The molecule has 1 aliphatic rings. The van der Waals surface area contributed by atoms with Crippen LogP contribution in [0.3, 0.4) is 0 Å². The van der Waals surface area contributed by atoms with Crippen LogP contribution in [0, 0.1) is 11.8 Å². The molecule has 1 saturated heterocycles. The van der Waals surface area contributed by atoms with Crippen molar-refractivity contribution in [3.63, 3.8) is 0 Å². The van der Waals surface area contributed by atoms with E-state index >= 15 is 0 Å². The molecule has 0 aliphatic carbocycles. The summed E-state index contributed by atoms with van der Waals surface area (Å²) < 4.78 is 20.9. The molecule has 2 rings (SSSR count). The minimum Gasteiger partial charge on any atom is -0.790 e. The first-order valence-corrected chi connectivity index (χ1v) is 12.6. The van der Waals surface area contributed by atoms with Gasteiger partial charge >= 0.3 is 64.8 Å². The number of aliphatic hydroxyl groups is 2. The van der Waals surface area contributed by atoms with Gasteiger partial charge in [-0.3, -0.25) is 14.3 Å². The third-order valence-electron chi connectivity index (χ3n) is 5.35. The molecule has 0 amide bonds. The van der Waals surface area contributed by atoms with E-state index in [0.29, 0.717) is 6.42 Å². The van der Waals surface area contributed by atoms with Crippen LogP contribution in [-0.2, 0) is 13.8 Å². The number of aromatic amines is 1. The molecule has 2 heterocycles. The van der Waals surface area contributed by atoms with Crippen LogP contribution in [0.4, 0.5) is 0 Å². The molecule has 1 aromatic rings. The standard InChI is InChI=1S/C21H33N2O9P.2Na/c1-2-3-4-5-6-7-8-9-10-11-12-15-13-23(21(27)22-19(15)26)20-18(25)17(24)16(32-20)14-31-33(28,29)30;;/h13,16-18,20,24-25H,2-10,14H2,1H3,(H,22,26,27)(H2,28,29,30);;/q;2*+1/p-2/t16-,17-,18+,20-;;/m1../s1. The molecule has 186 valence electrons. The fourth-order valence-electron chi connectivity index (χ4n) is 3.53. The van der Waals surface area contributed by atoms with Crippen molar-refractivity contribution in [2.45, 2.75) is 89.3 Å². The Morgan fingerprint density at radius 3 is 2.29 bits per heavy atom. The van der Waals surface area contributed by atoms with Gasteiger partial charge in [-0.1, -0.05) is 63.7 Å². The first kappa shape index (κ1) is 35.2. The van der Waals surface area contributed by atoms with Crippen LogP contribution >= 0.6 is 7.82 Å². The SMILES string of the molecule is CCCCCCCCCCC#Cc1cn([C@@H]2O[C@H](COP(=O)([O-])[O-])[C@@H](O)[C@@H]2O)c(=O)[nH]c1=O.[Na+].[Na+]. The van der Waals surface area contributed by atoms with Crippen molar-refractivity contribution in [2.24, 2.45) is 0 Å². The molecule has 35 heavy (non-hydrogen) atoms. The molecular weight excluding hydrogens is 501 g/mol. The van der Waals surface area contributed by atoms with Gasteiger partial charge in [0, 0.05) is 12.6 Å². The number of phosphoric acid groups is 1. The van der Waals surface area contributed by atoms with Gasteiger partial charge in [-0.15, -0.1) is 0 Å². The smallest absolute Gasteiger partial charge is 0.790 e. The van der Waals surface area contributed by atoms with Gasteiger partial charge in [0.25, 0.3) is 5.56 Å². The molecule has 0 unspecified atom stereocenters. The molecule has 1 aromatic heterocycles. The van der Waals surface area contributed by atoms with E-state index in [2.05, 4.69) is 28.3 Å². The van der Waals surface area contributed by atoms with E-state index < -0.39 is 50.2 Å². The average molecular weight is 532 g/mol. The summed E-state index contributed by atoms with van der Waals surface area (Å²) in [6, 6.07) is 0. The summed E-state index contributed by atoms with van der Waals surface area (Å²) in [5.74, 6) is 5.61. The number of nitrogens with one attached hydrogen (secondary N) is 1. The van der Waals surface area contributed by atoms with E-state index in [1.807, 2.05) is 0 Å². The van der Waals surface area contributed by atoms with Crippen LogP contribution in [0.5, 0.6) is 0 Å². The second-order valence-corrected chi connectivity index (χ2v) is 9.18. The topological polar surface area (TPSA) is 177 Å². The van der Waals surface area contributed by atoms with Crippen molar-refractivity contribution in [2.75, 3.05) is 6.61 Å². The number of hydrogen-bond acceptors (Lipinski definition) is 9. The largest absolute Gasteiger partial charge is 1.00 e. The maximum Gasteiger partial charge on any atom is 1.00 e. The Hall–Kier alpha value is 0.230. The van der Waals surface area contributed by atoms with Gasteiger partial charge in [0.2, 0.25) is 0 Å². The molecule has 4 atom stereocenters. The van der Waals surface area contributed by atoms with Gasteiger partial charge in [-0.05, 0) is 6.42 Å². The van der Waals surface area contributed by atoms with Crippen molar-refractivity contribution >= 4 is 7.82 Å². The van der Waals surface area contributed by atoms with Crippen molar-refractivity contribution in [1.29, 1.82) is 0 Å². The first-order chi connectivity index (χ1) is 15.6. The van der Waals surface area contributed by atoms with Crippen LogP contribution in [0.2, 0.25) is 0 Å². The van der Waals surface area contributed by atoms with Gasteiger partial charge in [-0.2, -0.15) is 0 Å². The predicted molar refractivity (Wildman–Crippen MR) is 115 cm³/mol. The van der Waals surface area contributed by atoms with Gasteiger partial charge in [-0.25, -0.2) is 4.79 Å². The molecular formula is C21H31N2Na2O9P. The zero-order chi connectivity index (χ0) is 24.4. The fourth-order valence-corrected chi connectivity index (χ4v) is 3.86. The second kappa shape index (κ2) is 17.7.